The maximum absolute atomic E-state index is 9.70. The summed E-state index contributed by atoms with van der Waals surface area (Å²) in [7, 11) is 0. The minimum Gasteiger partial charge on any atom is -0.395 e. The van der Waals surface area contributed by atoms with Gasteiger partial charge in [-0.25, -0.2) is 0 Å². The summed E-state index contributed by atoms with van der Waals surface area (Å²) in [5, 5.41) is 9.70. The fourth-order valence-electron chi connectivity index (χ4n) is 3.71. The SMILES string of the molecule is NCC1(c2ccccc2C2(CO)CC2)CCCC1. The molecule has 2 saturated carbocycles. The molecular weight excluding hydrogens is 222 g/mol. The largest absolute Gasteiger partial charge is 0.395 e. The van der Waals surface area contributed by atoms with Crippen LogP contribution in [-0.2, 0) is 10.8 Å². The Balaban J connectivity index is 2.06. The van der Waals surface area contributed by atoms with Gasteiger partial charge in [0, 0.05) is 17.4 Å². The van der Waals surface area contributed by atoms with Crippen molar-refractivity contribution in [1.29, 1.82) is 0 Å². The van der Waals surface area contributed by atoms with Crippen LogP contribution in [0, 0.1) is 0 Å². The van der Waals surface area contributed by atoms with E-state index in [1.807, 2.05) is 0 Å². The highest BCUT2D eigenvalue weighted by Gasteiger charge is 2.48. The van der Waals surface area contributed by atoms with Crippen LogP contribution in [-0.4, -0.2) is 18.3 Å². The molecule has 2 heteroatoms. The second-order valence-corrected chi connectivity index (χ2v) is 6.18. The van der Waals surface area contributed by atoms with E-state index in [1.54, 1.807) is 0 Å². The monoisotopic (exact) mass is 245 g/mol. The minimum absolute atomic E-state index is 0.0569. The number of aliphatic hydroxyl groups excluding tert-OH is 1. The second-order valence-electron chi connectivity index (χ2n) is 6.18. The molecule has 1 aromatic carbocycles. The molecule has 98 valence electrons. The quantitative estimate of drug-likeness (QED) is 0.856. The molecule has 2 fully saturated rings. The van der Waals surface area contributed by atoms with Crippen molar-refractivity contribution in [3.63, 3.8) is 0 Å². The predicted octanol–water partition coefficient (Wildman–Crippen LogP) is 2.48. The van der Waals surface area contributed by atoms with E-state index in [0.29, 0.717) is 0 Å². The lowest BCUT2D eigenvalue weighted by Crippen LogP contribution is -2.34. The van der Waals surface area contributed by atoms with Crippen molar-refractivity contribution in [3.05, 3.63) is 35.4 Å². The molecule has 0 aliphatic heterocycles. The first-order valence-electron chi connectivity index (χ1n) is 7.17. The zero-order chi connectivity index (χ0) is 12.6. The van der Waals surface area contributed by atoms with Gasteiger partial charge in [-0.1, -0.05) is 37.1 Å². The van der Waals surface area contributed by atoms with E-state index in [0.717, 1.165) is 19.4 Å². The van der Waals surface area contributed by atoms with Gasteiger partial charge in [-0.2, -0.15) is 0 Å². The van der Waals surface area contributed by atoms with Crippen LogP contribution < -0.4 is 5.73 Å². The van der Waals surface area contributed by atoms with Crippen molar-refractivity contribution in [2.24, 2.45) is 5.73 Å². The summed E-state index contributed by atoms with van der Waals surface area (Å²) >= 11 is 0. The lowest BCUT2D eigenvalue weighted by molar-refractivity contribution is 0.253. The maximum Gasteiger partial charge on any atom is 0.0528 e. The number of aliphatic hydroxyl groups is 1. The predicted molar refractivity (Wildman–Crippen MR) is 73.6 cm³/mol. The molecule has 0 unspecified atom stereocenters. The molecule has 0 amide bonds. The molecule has 3 rings (SSSR count). The summed E-state index contributed by atoms with van der Waals surface area (Å²) < 4.78 is 0. The molecule has 2 aliphatic carbocycles. The molecule has 0 aromatic heterocycles. The molecule has 0 saturated heterocycles. The third-order valence-corrected chi connectivity index (χ3v) is 5.18. The summed E-state index contributed by atoms with van der Waals surface area (Å²) in [6.45, 7) is 1.02. The van der Waals surface area contributed by atoms with Gasteiger partial charge in [-0.05, 0) is 36.8 Å². The van der Waals surface area contributed by atoms with Crippen LogP contribution in [0.4, 0.5) is 0 Å². The molecule has 0 atom stereocenters. The van der Waals surface area contributed by atoms with E-state index in [2.05, 4.69) is 24.3 Å². The summed E-state index contributed by atoms with van der Waals surface area (Å²) in [6.07, 6.45) is 7.25. The smallest absolute Gasteiger partial charge is 0.0528 e. The van der Waals surface area contributed by atoms with Gasteiger partial charge >= 0.3 is 0 Å². The Bertz CT molecular complexity index is 430. The van der Waals surface area contributed by atoms with Crippen LogP contribution in [0.1, 0.15) is 49.7 Å². The van der Waals surface area contributed by atoms with Crippen LogP contribution in [0.2, 0.25) is 0 Å². The highest BCUT2D eigenvalue weighted by Crippen LogP contribution is 2.52. The Labute approximate surface area is 109 Å². The highest BCUT2D eigenvalue weighted by atomic mass is 16.3. The van der Waals surface area contributed by atoms with Crippen molar-refractivity contribution in [2.75, 3.05) is 13.2 Å². The second kappa shape index (κ2) is 4.36. The van der Waals surface area contributed by atoms with E-state index < -0.39 is 0 Å². The minimum atomic E-state index is 0.0569. The standard InChI is InChI=1S/C16H23NO/c17-11-15(7-3-4-8-15)13-5-1-2-6-14(13)16(12-18)9-10-16/h1-2,5-6,18H,3-4,7-12,17H2. The van der Waals surface area contributed by atoms with Crippen molar-refractivity contribution in [3.8, 4) is 0 Å². The zero-order valence-corrected chi connectivity index (χ0v) is 11.0. The highest BCUT2D eigenvalue weighted by molar-refractivity contribution is 5.44. The lowest BCUT2D eigenvalue weighted by Gasteiger charge is -2.32. The number of nitrogens with two attached hydrogens (primary N) is 1. The van der Waals surface area contributed by atoms with Gasteiger partial charge in [-0.3, -0.25) is 0 Å². The molecule has 18 heavy (non-hydrogen) atoms. The van der Waals surface area contributed by atoms with Crippen LogP contribution in [0.5, 0.6) is 0 Å². The van der Waals surface area contributed by atoms with E-state index in [9.17, 15) is 5.11 Å². The number of benzene rings is 1. The van der Waals surface area contributed by atoms with Gasteiger partial charge < -0.3 is 10.8 Å². The van der Waals surface area contributed by atoms with Crippen LogP contribution in [0.25, 0.3) is 0 Å². The van der Waals surface area contributed by atoms with E-state index in [4.69, 9.17) is 5.73 Å². The van der Waals surface area contributed by atoms with Crippen LogP contribution in [0.3, 0.4) is 0 Å². The molecule has 3 N–H and O–H groups in total. The third kappa shape index (κ3) is 1.70. The number of hydrogen-bond donors (Lipinski definition) is 2. The summed E-state index contributed by atoms with van der Waals surface area (Å²) in [5.41, 5.74) is 9.15. The van der Waals surface area contributed by atoms with Gasteiger partial charge in [0.05, 0.1) is 6.61 Å². The fourth-order valence-corrected chi connectivity index (χ4v) is 3.71. The van der Waals surface area contributed by atoms with Crippen LogP contribution in [0.15, 0.2) is 24.3 Å². The summed E-state index contributed by atoms with van der Waals surface area (Å²) in [6, 6.07) is 8.70. The Morgan fingerprint density at radius 3 is 1.94 bits per heavy atom. The van der Waals surface area contributed by atoms with E-state index in [-0.39, 0.29) is 17.4 Å². The van der Waals surface area contributed by atoms with Crippen LogP contribution >= 0.6 is 0 Å². The number of rotatable bonds is 4. The molecule has 2 nitrogen and oxygen atoms in total. The zero-order valence-electron chi connectivity index (χ0n) is 11.0. The topological polar surface area (TPSA) is 46.2 Å². The normalized spacial score (nSPS) is 24.1. The van der Waals surface area contributed by atoms with Gasteiger partial charge in [0.15, 0.2) is 0 Å². The fraction of sp³-hybridized carbons (Fsp3) is 0.625. The molecule has 0 bridgehead atoms. The Morgan fingerprint density at radius 2 is 1.50 bits per heavy atom. The van der Waals surface area contributed by atoms with Gasteiger partial charge in [-0.15, -0.1) is 0 Å². The van der Waals surface area contributed by atoms with E-state index in [1.165, 1.54) is 36.8 Å². The van der Waals surface area contributed by atoms with E-state index >= 15 is 0 Å². The Hall–Kier alpha value is -0.860. The average Bonchev–Trinajstić information content (AvgIpc) is 3.09. The number of hydrogen-bond acceptors (Lipinski definition) is 2. The first-order chi connectivity index (χ1) is 8.76. The van der Waals surface area contributed by atoms with Crippen molar-refractivity contribution >= 4 is 0 Å². The lowest BCUT2D eigenvalue weighted by atomic mass is 9.74. The van der Waals surface area contributed by atoms with Crippen molar-refractivity contribution in [2.45, 2.75) is 49.4 Å². The Morgan fingerprint density at radius 1 is 0.944 bits per heavy atom. The Kier molecular flexibility index (Phi) is 2.95. The van der Waals surface area contributed by atoms with Gasteiger partial charge in [0.25, 0.3) is 0 Å². The first kappa shape index (κ1) is 12.2. The third-order valence-electron chi connectivity index (χ3n) is 5.18. The van der Waals surface area contributed by atoms with Gasteiger partial charge in [0.1, 0.15) is 0 Å². The molecule has 0 heterocycles. The van der Waals surface area contributed by atoms with Crippen molar-refractivity contribution < 1.29 is 5.11 Å². The first-order valence-corrected chi connectivity index (χ1v) is 7.17. The maximum atomic E-state index is 9.70. The molecule has 0 spiro atoms. The summed E-state index contributed by atoms with van der Waals surface area (Å²) in [4.78, 5) is 0. The molecule has 1 aromatic rings. The molecule has 0 radical (unpaired) electrons. The van der Waals surface area contributed by atoms with Gasteiger partial charge in [0.2, 0.25) is 0 Å². The average molecular weight is 245 g/mol. The van der Waals surface area contributed by atoms with Crippen molar-refractivity contribution in [1.82, 2.24) is 0 Å². The summed E-state index contributed by atoms with van der Waals surface area (Å²) in [5.74, 6) is 0. The molecule has 2 aliphatic rings. The molecular formula is C16H23NO.